The zero-order valence-corrected chi connectivity index (χ0v) is 13.7. The molecule has 0 N–H and O–H groups in total. The van der Waals surface area contributed by atoms with Crippen LogP contribution in [0.3, 0.4) is 0 Å². The van der Waals surface area contributed by atoms with Gasteiger partial charge in [-0.1, -0.05) is 0 Å². The SMILES string of the molecule is CC(C)OCC(=O)N1CCC2(CCN(C(C)(C)C)C2)C1. The number of rotatable bonds is 3. The molecule has 2 heterocycles. The Hall–Kier alpha value is -0.610. The number of carbonyl (C=O) groups is 1. The lowest BCUT2D eigenvalue weighted by molar-refractivity contribution is -0.136. The molecule has 1 unspecified atom stereocenters. The first-order valence-electron chi connectivity index (χ1n) is 7.86. The minimum absolute atomic E-state index is 0.123. The van der Waals surface area contributed by atoms with Gasteiger partial charge in [-0.3, -0.25) is 9.69 Å². The lowest BCUT2D eigenvalue weighted by Gasteiger charge is -2.33. The second-order valence-corrected chi connectivity index (χ2v) is 7.77. The molecule has 1 spiro atoms. The van der Waals surface area contributed by atoms with Crippen molar-refractivity contribution in [1.82, 2.24) is 9.80 Å². The third kappa shape index (κ3) is 3.53. The molecule has 2 aliphatic rings. The monoisotopic (exact) mass is 282 g/mol. The van der Waals surface area contributed by atoms with Gasteiger partial charge >= 0.3 is 0 Å². The number of carbonyl (C=O) groups excluding carboxylic acids is 1. The Bertz CT molecular complexity index is 362. The van der Waals surface area contributed by atoms with Gasteiger partial charge in [0.1, 0.15) is 6.61 Å². The molecule has 0 aromatic rings. The van der Waals surface area contributed by atoms with E-state index in [0.717, 1.165) is 32.6 Å². The van der Waals surface area contributed by atoms with E-state index in [1.807, 2.05) is 18.7 Å². The molecule has 1 amide bonds. The number of hydrogen-bond donors (Lipinski definition) is 0. The highest BCUT2D eigenvalue weighted by Gasteiger charge is 2.46. The highest BCUT2D eigenvalue weighted by atomic mass is 16.5. The second kappa shape index (κ2) is 5.64. The molecule has 0 saturated carbocycles. The molecule has 4 heteroatoms. The standard InChI is InChI=1S/C16H30N2O2/c1-13(2)20-10-14(19)17-8-6-16(11-17)7-9-18(12-16)15(3,4)5/h13H,6-12H2,1-5H3. The Balaban J connectivity index is 1.88. The molecule has 2 fully saturated rings. The van der Waals surface area contributed by atoms with Crippen LogP contribution in [0.2, 0.25) is 0 Å². The summed E-state index contributed by atoms with van der Waals surface area (Å²) in [5.74, 6) is 0.157. The van der Waals surface area contributed by atoms with Crippen molar-refractivity contribution in [2.45, 2.75) is 59.1 Å². The van der Waals surface area contributed by atoms with Crippen LogP contribution in [0.15, 0.2) is 0 Å². The van der Waals surface area contributed by atoms with Crippen molar-refractivity contribution < 1.29 is 9.53 Å². The van der Waals surface area contributed by atoms with E-state index < -0.39 is 0 Å². The molecule has 0 aromatic heterocycles. The topological polar surface area (TPSA) is 32.8 Å². The maximum atomic E-state index is 12.2. The van der Waals surface area contributed by atoms with Crippen LogP contribution < -0.4 is 0 Å². The summed E-state index contributed by atoms with van der Waals surface area (Å²) in [6.07, 6.45) is 2.49. The molecular formula is C16H30N2O2. The maximum Gasteiger partial charge on any atom is 0.248 e. The lowest BCUT2D eigenvalue weighted by Crippen LogP contribution is -2.42. The third-order valence-electron chi connectivity index (χ3n) is 4.72. The number of ether oxygens (including phenoxy) is 1. The van der Waals surface area contributed by atoms with Crippen LogP contribution in [0.4, 0.5) is 0 Å². The van der Waals surface area contributed by atoms with Gasteiger partial charge in [0.2, 0.25) is 5.91 Å². The van der Waals surface area contributed by atoms with E-state index in [-0.39, 0.29) is 24.2 Å². The molecule has 2 rings (SSSR count). The average molecular weight is 282 g/mol. The largest absolute Gasteiger partial charge is 0.369 e. The molecule has 1 atom stereocenters. The summed E-state index contributed by atoms with van der Waals surface area (Å²) in [6, 6.07) is 0. The van der Waals surface area contributed by atoms with E-state index >= 15 is 0 Å². The zero-order valence-electron chi connectivity index (χ0n) is 13.7. The highest BCUT2D eigenvalue weighted by Crippen LogP contribution is 2.41. The summed E-state index contributed by atoms with van der Waals surface area (Å²) in [6.45, 7) is 15.1. The molecule has 20 heavy (non-hydrogen) atoms. The fourth-order valence-corrected chi connectivity index (χ4v) is 3.32. The number of likely N-dealkylation sites (tertiary alicyclic amines) is 2. The molecule has 2 saturated heterocycles. The van der Waals surface area contributed by atoms with E-state index in [0.29, 0.717) is 5.41 Å². The molecule has 0 aliphatic carbocycles. The summed E-state index contributed by atoms with van der Waals surface area (Å²) in [7, 11) is 0. The third-order valence-corrected chi connectivity index (χ3v) is 4.72. The smallest absolute Gasteiger partial charge is 0.248 e. The molecule has 2 aliphatic heterocycles. The van der Waals surface area contributed by atoms with E-state index in [2.05, 4.69) is 25.7 Å². The molecule has 0 bridgehead atoms. The van der Waals surface area contributed by atoms with Gasteiger partial charge in [0.15, 0.2) is 0 Å². The van der Waals surface area contributed by atoms with Crippen LogP contribution in [-0.2, 0) is 9.53 Å². The molecule has 116 valence electrons. The summed E-state index contributed by atoms with van der Waals surface area (Å²) in [4.78, 5) is 16.7. The first kappa shape index (κ1) is 15.8. The van der Waals surface area contributed by atoms with Gasteiger partial charge in [-0.25, -0.2) is 0 Å². The number of amides is 1. The highest BCUT2D eigenvalue weighted by molar-refractivity contribution is 5.77. The predicted octanol–water partition coefficient (Wildman–Crippen LogP) is 2.13. The van der Waals surface area contributed by atoms with Crippen molar-refractivity contribution >= 4 is 5.91 Å². The molecule has 0 aromatic carbocycles. The minimum atomic E-state index is 0.123. The molecular weight excluding hydrogens is 252 g/mol. The summed E-state index contributed by atoms with van der Waals surface area (Å²) >= 11 is 0. The maximum absolute atomic E-state index is 12.2. The first-order chi connectivity index (χ1) is 9.22. The van der Waals surface area contributed by atoms with Crippen molar-refractivity contribution in [1.29, 1.82) is 0 Å². The average Bonchev–Trinajstić information content (AvgIpc) is 2.94. The van der Waals surface area contributed by atoms with Crippen molar-refractivity contribution in [2.24, 2.45) is 5.41 Å². The Morgan fingerprint density at radius 2 is 1.85 bits per heavy atom. The lowest BCUT2D eigenvalue weighted by atomic mass is 9.86. The second-order valence-electron chi connectivity index (χ2n) is 7.77. The molecule has 4 nitrogen and oxygen atoms in total. The quantitative estimate of drug-likeness (QED) is 0.795. The van der Waals surface area contributed by atoms with Crippen LogP contribution in [0.1, 0.15) is 47.5 Å². The fraction of sp³-hybridized carbons (Fsp3) is 0.938. The molecule has 0 radical (unpaired) electrons. The number of nitrogens with zero attached hydrogens (tertiary/aromatic N) is 2. The Kier molecular flexibility index (Phi) is 4.45. The van der Waals surface area contributed by atoms with Crippen LogP contribution in [-0.4, -0.2) is 60.1 Å². The van der Waals surface area contributed by atoms with Gasteiger partial charge in [0, 0.05) is 30.6 Å². The van der Waals surface area contributed by atoms with E-state index in [4.69, 9.17) is 4.74 Å². The van der Waals surface area contributed by atoms with Gasteiger partial charge < -0.3 is 9.64 Å². The predicted molar refractivity (Wildman–Crippen MR) is 80.7 cm³/mol. The summed E-state index contributed by atoms with van der Waals surface area (Å²) < 4.78 is 5.44. The zero-order chi connectivity index (χ0) is 15.0. The van der Waals surface area contributed by atoms with E-state index in [1.54, 1.807) is 0 Å². The number of hydrogen-bond acceptors (Lipinski definition) is 3. The van der Waals surface area contributed by atoms with Crippen LogP contribution >= 0.6 is 0 Å². The van der Waals surface area contributed by atoms with Gasteiger partial charge in [-0.05, 0) is 54.0 Å². The van der Waals surface area contributed by atoms with Crippen molar-refractivity contribution in [3.05, 3.63) is 0 Å². The van der Waals surface area contributed by atoms with Crippen molar-refractivity contribution in [2.75, 3.05) is 32.8 Å². The van der Waals surface area contributed by atoms with Crippen molar-refractivity contribution in [3.63, 3.8) is 0 Å². The van der Waals surface area contributed by atoms with E-state index in [9.17, 15) is 4.79 Å². The van der Waals surface area contributed by atoms with Gasteiger partial charge in [-0.15, -0.1) is 0 Å². The van der Waals surface area contributed by atoms with Crippen molar-refractivity contribution in [3.8, 4) is 0 Å². The Morgan fingerprint density at radius 3 is 2.40 bits per heavy atom. The van der Waals surface area contributed by atoms with Gasteiger partial charge in [0.05, 0.1) is 6.10 Å². The first-order valence-corrected chi connectivity index (χ1v) is 7.86. The summed E-state index contributed by atoms with van der Waals surface area (Å²) in [5, 5.41) is 0. The van der Waals surface area contributed by atoms with E-state index in [1.165, 1.54) is 6.42 Å². The van der Waals surface area contributed by atoms with Crippen LogP contribution in [0.5, 0.6) is 0 Å². The van der Waals surface area contributed by atoms with Crippen LogP contribution in [0, 0.1) is 5.41 Å². The fourth-order valence-electron chi connectivity index (χ4n) is 3.32. The Morgan fingerprint density at radius 1 is 1.20 bits per heavy atom. The summed E-state index contributed by atoms with van der Waals surface area (Å²) in [5.41, 5.74) is 0.572. The normalized spacial score (nSPS) is 28.0. The van der Waals surface area contributed by atoms with Gasteiger partial charge in [-0.2, -0.15) is 0 Å². The minimum Gasteiger partial charge on any atom is -0.369 e. The Labute approximate surface area is 123 Å². The van der Waals surface area contributed by atoms with Gasteiger partial charge in [0.25, 0.3) is 0 Å². The van der Waals surface area contributed by atoms with Crippen LogP contribution in [0.25, 0.3) is 0 Å².